The van der Waals surface area contributed by atoms with Crippen molar-refractivity contribution < 1.29 is 0 Å². The van der Waals surface area contributed by atoms with Gasteiger partial charge in [0.05, 0.1) is 19.3 Å². The van der Waals surface area contributed by atoms with Gasteiger partial charge >= 0.3 is 0 Å². The van der Waals surface area contributed by atoms with Gasteiger partial charge in [-0.2, -0.15) is 0 Å². The highest BCUT2D eigenvalue weighted by molar-refractivity contribution is 6.91. The van der Waals surface area contributed by atoms with E-state index in [2.05, 4.69) is 100 Å². The van der Waals surface area contributed by atoms with Crippen LogP contribution in [0, 0.1) is 13.8 Å². The van der Waals surface area contributed by atoms with Crippen molar-refractivity contribution in [3.8, 4) is 22.4 Å². The fourth-order valence-corrected chi connectivity index (χ4v) is 6.81. The van der Waals surface area contributed by atoms with E-state index in [1.54, 1.807) is 0 Å². The van der Waals surface area contributed by atoms with Crippen LogP contribution < -0.4 is 5.19 Å². The molecule has 5 aromatic rings. The number of aromatic nitrogens is 2. The van der Waals surface area contributed by atoms with Gasteiger partial charge in [-0.15, -0.1) is 0 Å². The molecule has 2 heterocycles. The highest BCUT2D eigenvalue weighted by Crippen LogP contribution is 2.33. The van der Waals surface area contributed by atoms with Gasteiger partial charge < -0.3 is 0 Å². The van der Waals surface area contributed by atoms with Crippen LogP contribution in [-0.4, -0.2) is 18.0 Å². The molecule has 0 N–H and O–H groups in total. The van der Waals surface area contributed by atoms with Crippen LogP contribution in [0.2, 0.25) is 19.6 Å². The Balaban J connectivity index is 1.84. The average molecular weight is 433 g/mol. The fourth-order valence-electron chi connectivity index (χ4n) is 4.87. The average Bonchev–Trinajstić information content (AvgIpc) is 2.77. The molecule has 0 aliphatic rings. The number of benzene rings is 3. The largest absolute Gasteiger partial charge is 0.256 e. The molecule has 0 fully saturated rings. The van der Waals surface area contributed by atoms with Gasteiger partial charge in [-0.1, -0.05) is 79.3 Å². The molecule has 158 valence electrons. The molecule has 3 aromatic carbocycles. The number of nitrogens with zero attached hydrogens (tertiary/aromatic N) is 2. The molecule has 2 aromatic heterocycles. The zero-order chi connectivity index (χ0) is 22.5. The summed E-state index contributed by atoms with van der Waals surface area (Å²) in [4.78, 5) is 9.86. The lowest BCUT2D eigenvalue weighted by molar-refractivity contribution is 1.32. The number of rotatable bonds is 3. The minimum atomic E-state index is -1.68. The molecular weight excluding hydrogens is 404 g/mol. The Kier molecular flexibility index (Phi) is 4.94. The molecule has 32 heavy (non-hydrogen) atoms. The van der Waals surface area contributed by atoms with E-state index in [9.17, 15) is 0 Å². The van der Waals surface area contributed by atoms with Gasteiger partial charge in [0.1, 0.15) is 0 Å². The van der Waals surface area contributed by atoms with Crippen LogP contribution in [0.4, 0.5) is 0 Å². The molecule has 0 saturated carbocycles. The third-order valence-corrected chi connectivity index (χ3v) is 8.12. The van der Waals surface area contributed by atoms with Crippen molar-refractivity contribution in [3.63, 3.8) is 0 Å². The molecule has 0 unspecified atom stereocenters. The molecular formula is C29H28N2Si. The number of hydrogen-bond donors (Lipinski definition) is 0. The van der Waals surface area contributed by atoms with Gasteiger partial charge in [0.2, 0.25) is 0 Å². The first-order valence-electron chi connectivity index (χ1n) is 11.2. The third-order valence-electron chi connectivity index (χ3n) is 6.11. The SMILES string of the molecule is Cc1cc(C)cc(-c2nccc3c2cnc2c([Si](C)(C)C)c(-c4ccccc4)ccc23)c1. The predicted molar refractivity (Wildman–Crippen MR) is 140 cm³/mol. The normalized spacial score (nSPS) is 11.9. The smallest absolute Gasteiger partial charge is 0.0812 e. The molecule has 0 atom stereocenters. The first-order valence-corrected chi connectivity index (χ1v) is 14.7. The minimum absolute atomic E-state index is 1.00. The summed E-state index contributed by atoms with van der Waals surface area (Å²) in [5.74, 6) is 0. The van der Waals surface area contributed by atoms with Crippen LogP contribution in [0.1, 0.15) is 11.1 Å². The Bertz CT molecular complexity index is 1440. The molecule has 3 heteroatoms. The van der Waals surface area contributed by atoms with E-state index in [-0.39, 0.29) is 0 Å². The van der Waals surface area contributed by atoms with Gasteiger partial charge in [-0.25, -0.2) is 0 Å². The van der Waals surface area contributed by atoms with Gasteiger partial charge in [-0.05, 0) is 53.7 Å². The molecule has 0 amide bonds. The van der Waals surface area contributed by atoms with E-state index in [0.29, 0.717) is 0 Å². The van der Waals surface area contributed by atoms with Crippen molar-refractivity contribution in [2.24, 2.45) is 0 Å². The van der Waals surface area contributed by atoms with Crippen molar-refractivity contribution in [2.75, 3.05) is 0 Å². The van der Waals surface area contributed by atoms with E-state index in [4.69, 9.17) is 9.97 Å². The lowest BCUT2D eigenvalue weighted by Gasteiger charge is -2.24. The first kappa shape index (κ1) is 20.6. The van der Waals surface area contributed by atoms with Crippen LogP contribution >= 0.6 is 0 Å². The quantitative estimate of drug-likeness (QED) is 0.221. The summed E-state index contributed by atoms with van der Waals surface area (Å²) in [6, 6.07) is 24.0. The Hall–Kier alpha value is -3.30. The molecule has 0 aliphatic heterocycles. The van der Waals surface area contributed by atoms with Crippen molar-refractivity contribution in [2.45, 2.75) is 33.5 Å². The molecule has 0 saturated heterocycles. The highest BCUT2D eigenvalue weighted by Gasteiger charge is 2.25. The standard InChI is InChI=1S/C29H28N2Si/c1-19-15-20(2)17-22(16-19)27-26-18-31-28-25(24(26)13-14-30-27)12-11-23(29(28)32(3,4)5)21-9-7-6-8-10-21/h6-18H,1-5H3. The van der Waals surface area contributed by atoms with E-state index < -0.39 is 8.07 Å². The molecule has 0 bridgehead atoms. The van der Waals surface area contributed by atoms with Gasteiger partial charge in [0.25, 0.3) is 0 Å². The predicted octanol–water partition coefficient (Wildman–Crippen LogP) is 7.28. The second-order valence-electron chi connectivity index (χ2n) is 9.76. The van der Waals surface area contributed by atoms with E-state index in [1.165, 1.54) is 38.2 Å². The summed E-state index contributed by atoms with van der Waals surface area (Å²) < 4.78 is 0. The summed E-state index contributed by atoms with van der Waals surface area (Å²) in [7, 11) is -1.68. The minimum Gasteiger partial charge on any atom is -0.256 e. The van der Waals surface area contributed by atoms with Crippen LogP contribution in [0.3, 0.4) is 0 Å². The number of fused-ring (bicyclic) bond motifs is 3. The van der Waals surface area contributed by atoms with Crippen LogP contribution in [0.5, 0.6) is 0 Å². The van der Waals surface area contributed by atoms with Crippen molar-refractivity contribution >= 4 is 34.9 Å². The molecule has 0 radical (unpaired) electrons. The van der Waals surface area contributed by atoms with E-state index >= 15 is 0 Å². The monoisotopic (exact) mass is 432 g/mol. The summed E-state index contributed by atoms with van der Waals surface area (Å²) in [5, 5.41) is 4.97. The Morgan fingerprint density at radius 3 is 2.06 bits per heavy atom. The van der Waals surface area contributed by atoms with Crippen molar-refractivity contribution in [1.82, 2.24) is 9.97 Å². The Labute approximate surface area is 191 Å². The Morgan fingerprint density at radius 1 is 0.656 bits per heavy atom. The second kappa shape index (κ2) is 7.68. The maximum absolute atomic E-state index is 5.09. The lowest BCUT2D eigenvalue weighted by atomic mass is 9.98. The second-order valence-corrected chi connectivity index (χ2v) is 14.8. The number of pyridine rings is 2. The topological polar surface area (TPSA) is 25.8 Å². The third kappa shape index (κ3) is 3.53. The van der Waals surface area contributed by atoms with Crippen LogP contribution in [0.25, 0.3) is 44.1 Å². The van der Waals surface area contributed by atoms with Crippen LogP contribution in [-0.2, 0) is 0 Å². The fraction of sp³-hybridized carbons (Fsp3) is 0.172. The molecule has 0 aliphatic carbocycles. The molecule has 2 nitrogen and oxygen atoms in total. The zero-order valence-electron chi connectivity index (χ0n) is 19.4. The van der Waals surface area contributed by atoms with Gasteiger partial charge in [0, 0.05) is 28.7 Å². The van der Waals surface area contributed by atoms with Crippen molar-refractivity contribution in [1.29, 1.82) is 0 Å². The van der Waals surface area contributed by atoms with E-state index in [0.717, 1.165) is 22.2 Å². The number of hydrogen-bond acceptors (Lipinski definition) is 2. The summed E-state index contributed by atoms with van der Waals surface area (Å²) in [6.07, 6.45) is 3.98. The van der Waals surface area contributed by atoms with Gasteiger partial charge in [-0.3, -0.25) is 9.97 Å². The van der Waals surface area contributed by atoms with Gasteiger partial charge in [0.15, 0.2) is 0 Å². The Morgan fingerprint density at radius 2 is 1.38 bits per heavy atom. The maximum atomic E-state index is 5.09. The summed E-state index contributed by atoms with van der Waals surface area (Å²) in [6.45, 7) is 11.5. The van der Waals surface area contributed by atoms with Crippen molar-refractivity contribution in [3.05, 3.63) is 90.3 Å². The lowest BCUT2D eigenvalue weighted by Crippen LogP contribution is -2.40. The summed E-state index contributed by atoms with van der Waals surface area (Å²) >= 11 is 0. The summed E-state index contributed by atoms with van der Waals surface area (Å²) in [5.41, 5.74) is 8.37. The highest BCUT2D eigenvalue weighted by atomic mass is 28.3. The number of aryl methyl sites for hydroxylation is 2. The van der Waals surface area contributed by atoms with Crippen LogP contribution in [0.15, 0.2) is 79.1 Å². The zero-order valence-corrected chi connectivity index (χ0v) is 20.4. The van der Waals surface area contributed by atoms with E-state index in [1.807, 2.05) is 12.4 Å². The maximum Gasteiger partial charge on any atom is 0.0812 e. The first-order chi connectivity index (χ1) is 15.3. The molecule has 5 rings (SSSR count). The molecule has 0 spiro atoms.